The maximum absolute atomic E-state index is 13.1. The Hall–Kier alpha value is -1.94. The molecule has 19 heteroatoms. The van der Waals surface area contributed by atoms with E-state index in [2.05, 4.69) is 48.5 Å². The van der Waals surface area contributed by atoms with E-state index in [0.29, 0.717) is 25.7 Å². The molecule has 0 saturated carbocycles. The molecule has 0 aliphatic rings. The Morgan fingerprint density at radius 1 is 0.299 bits per heavy atom. The van der Waals surface area contributed by atoms with Crippen LogP contribution in [0.5, 0.6) is 0 Å². The van der Waals surface area contributed by atoms with Crippen molar-refractivity contribution >= 4 is 39.5 Å². The molecule has 0 bridgehead atoms. The number of phosphoric acid groups is 2. The summed E-state index contributed by atoms with van der Waals surface area (Å²) in [6.07, 6.45) is 55.9. The zero-order valence-corrected chi connectivity index (χ0v) is 65.3. The van der Waals surface area contributed by atoms with Gasteiger partial charge in [-0.3, -0.25) is 37.3 Å². The molecule has 0 heterocycles. The molecule has 0 radical (unpaired) electrons. The molecule has 97 heavy (non-hydrogen) atoms. The molecule has 17 nitrogen and oxygen atoms in total. The molecule has 0 aromatic heterocycles. The van der Waals surface area contributed by atoms with E-state index < -0.39 is 97.5 Å². The van der Waals surface area contributed by atoms with Crippen molar-refractivity contribution in [1.29, 1.82) is 0 Å². The van der Waals surface area contributed by atoms with Crippen molar-refractivity contribution in [2.75, 3.05) is 39.6 Å². The summed E-state index contributed by atoms with van der Waals surface area (Å²) in [5, 5.41) is 10.6. The van der Waals surface area contributed by atoms with Crippen molar-refractivity contribution < 1.29 is 80.2 Å². The lowest BCUT2D eigenvalue weighted by Gasteiger charge is -2.21. The molecule has 3 N–H and O–H groups in total. The average molecular weight is 1420 g/mol. The van der Waals surface area contributed by atoms with Crippen molar-refractivity contribution in [3.63, 3.8) is 0 Å². The highest BCUT2D eigenvalue weighted by Gasteiger charge is 2.30. The summed E-state index contributed by atoms with van der Waals surface area (Å²) < 4.78 is 68.4. The van der Waals surface area contributed by atoms with E-state index in [1.807, 2.05) is 0 Å². The second-order valence-corrected chi connectivity index (χ2v) is 32.2. The van der Waals surface area contributed by atoms with Gasteiger partial charge in [-0.1, -0.05) is 350 Å². The Bertz CT molecular complexity index is 1890. The van der Waals surface area contributed by atoms with Crippen LogP contribution < -0.4 is 0 Å². The van der Waals surface area contributed by atoms with Crippen LogP contribution in [0.1, 0.15) is 402 Å². The van der Waals surface area contributed by atoms with Crippen LogP contribution in [-0.4, -0.2) is 96.7 Å². The minimum Gasteiger partial charge on any atom is -0.462 e. The molecular formula is C78H152O17P2. The summed E-state index contributed by atoms with van der Waals surface area (Å²) >= 11 is 0. The van der Waals surface area contributed by atoms with Gasteiger partial charge in [0.25, 0.3) is 0 Å². The van der Waals surface area contributed by atoms with Crippen LogP contribution >= 0.6 is 15.6 Å². The number of carbonyl (C=O) groups excluding carboxylic acids is 4. The first-order valence-electron chi connectivity index (χ1n) is 40.4. The fraction of sp³-hybridized carbons (Fsp3) is 0.949. The molecule has 0 fully saturated rings. The quantitative estimate of drug-likeness (QED) is 0.0222. The normalized spacial score (nSPS) is 14.3. The molecule has 3 unspecified atom stereocenters. The fourth-order valence-corrected chi connectivity index (χ4v) is 13.5. The largest absolute Gasteiger partial charge is 0.472 e. The van der Waals surface area contributed by atoms with E-state index in [1.165, 1.54) is 205 Å². The third-order valence-electron chi connectivity index (χ3n) is 18.5. The van der Waals surface area contributed by atoms with Gasteiger partial charge in [-0.05, 0) is 43.4 Å². The fourth-order valence-electron chi connectivity index (χ4n) is 11.9. The van der Waals surface area contributed by atoms with E-state index in [4.69, 9.17) is 37.0 Å². The minimum absolute atomic E-state index is 0.106. The van der Waals surface area contributed by atoms with E-state index in [1.54, 1.807) is 0 Å². The van der Waals surface area contributed by atoms with Gasteiger partial charge in [0.05, 0.1) is 26.4 Å². The van der Waals surface area contributed by atoms with Crippen LogP contribution in [0, 0.1) is 17.8 Å². The van der Waals surface area contributed by atoms with Gasteiger partial charge in [-0.25, -0.2) is 9.13 Å². The molecule has 0 rings (SSSR count). The van der Waals surface area contributed by atoms with Crippen LogP contribution in [0.3, 0.4) is 0 Å². The second kappa shape index (κ2) is 68.5. The molecule has 0 aliphatic carbocycles. The first-order valence-corrected chi connectivity index (χ1v) is 43.4. The van der Waals surface area contributed by atoms with Crippen LogP contribution in [0.2, 0.25) is 0 Å². The van der Waals surface area contributed by atoms with Crippen molar-refractivity contribution in [3.05, 3.63) is 0 Å². The predicted octanol–water partition coefficient (Wildman–Crippen LogP) is 23.0. The minimum atomic E-state index is -4.96. The van der Waals surface area contributed by atoms with Crippen molar-refractivity contribution in [1.82, 2.24) is 0 Å². The lowest BCUT2D eigenvalue weighted by molar-refractivity contribution is -0.161. The van der Waals surface area contributed by atoms with E-state index in [0.717, 1.165) is 114 Å². The molecule has 0 amide bonds. The second-order valence-electron chi connectivity index (χ2n) is 29.3. The first-order chi connectivity index (χ1) is 46.8. The monoisotopic (exact) mass is 1420 g/mol. The van der Waals surface area contributed by atoms with E-state index >= 15 is 0 Å². The van der Waals surface area contributed by atoms with Crippen molar-refractivity contribution in [2.24, 2.45) is 17.8 Å². The maximum atomic E-state index is 13.1. The van der Waals surface area contributed by atoms with E-state index in [9.17, 15) is 43.2 Å². The third kappa shape index (κ3) is 70.9. The SMILES string of the molecule is CCCCCCCC(=O)OC[C@H](COP(=O)(O)OC[C@H](O)COP(=O)(O)OC[C@@H](COC(=O)CCCCCCCCCCCCCCC(C)C)OC(=O)CCCCCCCCCCCCCCCCCCCCC(C)CC)OC(=O)CCCCCCCCCCCCCCC(C)C. The summed E-state index contributed by atoms with van der Waals surface area (Å²) in [6.45, 7) is 11.9. The highest BCUT2D eigenvalue weighted by atomic mass is 31.2. The summed E-state index contributed by atoms with van der Waals surface area (Å²) in [7, 11) is -9.90. The number of hydrogen-bond acceptors (Lipinski definition) is 15. The van der Waals surface area contributed by atoms with Gasteiger partial charge >= 0.3 is 39.5 Å². The summed E-state index contributed by atoms with van der Waals surface area (Å²) in [5.41, 5.74) is 0. The van der Waals surface area contributed by atoms with Gasteiger partial charge in [0.1, 0.15) is 19.3 Å². The standard InChI is InChI=1S/C78H152O17P2/c1-8-10-11-42-52-59-75(80)88-65-73(94-77(82)61-55-48-41-35-29-23-21-25-31-37-44-50-57-70(5)6)67-92-96(84,85)90-63-72(79)64-91-97(86,87)93-68-74(66-89-76(81)60-53-46-39-33-27-22-20-24-30-36-43-49-56-69(3)4)95-78(83)62-54-47-40-34-28-19-17-15-13-12-14-16-18-26-32-38-45-51-58-71(7)9-2/h69-74,79H,8-68H2,1-7H3,(H,84,85)(H,86,87)/t71?,72-,73+,74+/m0/s1. The molecule has 0 saturated heterocycles. The lowest BCUT2D eigenvalue weighted by atomic mass is 9.99. The number of esters is 4. The number of carbonyl (C=O) groups is 4. The average Bonchev–Trinajstić information content (AvgIpc) is 1.66. The van der Waals surface area contributed by atoms with Gasteiger partial charge in [-0.2, -0.15) is 0 Å². The van der Waals surface area contributed by atoms with Gasteiger partial charge < -0.3 is 33.8 Å². The summed E-state index contributed by atoms with van der Waals surface area (Å²) in [4.78, 5) is 72.6. The number of phosphoric ester groups is 2. The van der Waals surface area contributed by atoms with Crippen LogP contribution in [0.4, 0.5) is 0 Å². The summed E-state index contributed by atoms with van der Waals surface area (Å²) in [6, 6.07) is 0. The smallest absolute Gasteiger partial charge is 0.462 e. The van der Waals surface area contributed by atoms with E-state index in [-0.39, 0.29) is 25.7 Å². The molecule has 576 valence electrons. The topological polar surface area (TPSA) is 237 Å². The van der Waals surface area contributed by atoms with Crippen LogP contribution in [0.15, 0.2) is 0 Å². The van der Waals surface area contributed by atoms with Gasteiger partial charge in [0.2, 0.25) is 0 Å². The van der Waals surface area contributed by atoms with Crippen LogP contribution in [0.25, 0.3) is 0 Å². The molecule has 0 aromatic rings. The van der Waals surface area contributed by atoms with Crippen molar-refractivity contribution in [3.8, 4) is 0 Å². The maximum Gasteiger partial charge on any atom is 0.472 e. The Morgan fingerprint density at radius 2 is 0.526 bits per heavy atom. The number of ether oxygens (including phenoxy) is 4. The molecule has 6 atom stereocenters. The summed E-state index contributed by atoms with van der Waals surface area (Å²) in [5.74, 6) is 0.303. The molecule has 0 aliphatic heterocycles. The Morgan fingerprint density at radius 3 is 0.784 bits per heavy atom. The number of aliphatic hydroxyl groups excluding tert-OH is 1. The number of aliphatic hydroxyl groups is 1. The van der Waals surface area contributed by atoms with Gasteiger partial charge in [-0.15, -0.1) is 0 Å². The van der Waals surface area contributed by atoms with Crippen LogP contribution in [-0.2, 0) is 65.4 Å². The molecule has 0 aromatic carbocycles. The number of hydrogen-bond donors (Lipinski definition) is 3. The highest BCUT2D eigenvalue weighted by Crippen LogP contribution is 2.45. The van der Waals surface area contributed by atoms with Gasteiger partial charge in [0, 0.05) is 25.7 Å². The zero-order valence-electron chi connectivity index (χ0n) is 63.5. The predicted molar refractivity (Wildman–Crippen MR) is 395 cm³/mol. The highest BCUT2D eigenvalue weighted by molar-refractivity contribution is 7.47. The van der Waals surface area contributed by atoms with Crippen molar-refractivity contribution in [2.45, 2.75) is 420 Å². The number of rotatable bonds is 76. The lowest BCUT2D eigenvalue weighted by Crippen LogP contribution is -2.30. The van der Waals surface area contributed by atoms with Gasteiger partial charge in [0.15, 0.2) is 12.2 Å². The zero-order chi connectivity index (χ0) is 71.6. The Kier molecular flexibility index (Phi) is 67.1. The third-order valence-corrected chi connectivity index (χ3v) is 20.4. The molecular weight excluding hydrogens is 1270 g/mol. The number of unbranched alkanes of at least 4 members (excludes halogenated alkanes) is 43. The Labute approximate surface area is 594 Å². The Balaban J connectivity index is 5.12. The first kappa shape index (κ1) is 95.1. The molecule has 0 spiro atoms.